The lowest BCUT2D eigenvalue weighted by Crippen LogP contribution is -2.38. The number of benzene rings is 4. The maximum atomic E-state index is 14.0. The van der Waals surface area contributed by atoms with Crippen molar-refractivity contribution in [3.8, 4) is 5.75 Å². The van der Waals surface area contributed by atoms with Crippen molar-refractivity contribution in [3.05, 3.63) is 119 Å². The third kappa shape index (κ3) is 4.32. The fourth-order valence-corrected chi connectivity index (χ4v) is 6.30. The van der Waals surface area contributed by atoms with Gasteiger partial charge in [0, 0.05) is 10.6 Å². The van der Waals surface area contributed by atoms with Crippen molar-refractivity contribution >= 4 is 44.9 Å². The molecule has 2 saturated heterocycles. The van der Waals surface area contributed by atoms with E-state index >= 15 is 0 Å². The molecule has 0 N–H and O–H groups in total. The molecule has 202 valence electrons. The second-order valence-electron chi connectivity index (χ2n) is 9.44. The quantitative estimate of drug-likeness (QED) is 0.223. The smallest absolute Gasteiger partial charge is 0.339 e. The number of amides is 2. The maximum absolute atomic E-state index is 14.0. The summed E-state index contributed by atoms with van der Waals surface area (Å²) in [7, 11) is -4.19. The molecule has 10 heteroatoms. The number of hydrogen-bond acceptors (Lipinski definition) is 7. The Bertz CT molecular complexity index is 1710. The standard InChI is InChI=1S/C30H23ClN2O6S/c1-19-23(31)16-10-17-24(19)32-29(34)26-27(33(38-28(26)30(32)35)20-11-4-2-5-12-20)22-15-8-9-18-25(22)39-40(36,37)21-13-6-3-7-14-21/h2-18,26-28H,1H3/t26-,27+,28-/m0/s1. The summed E-state index contributed by atoms with van der Waals surface area (Å²) in [4.78, 5) is 35.0. The first kappa shape index (κ1) is 26.1. The number of hydrogen-bond donors (Lipinski definition) is 0. The minimum atomic E-state index is -4.19. The first-order valence-corrected chi connectivity index (χ1v) is 14.3. The molecule has 0 aromatic heterocycles. The van der Waals surface area contributed by atoms with Crippen LogP contribution in [-0.2, 0) is 24.5 Å². The minimum Gasteiger partial charge on any atom is -0.379 e. The summed E-state index contributed by atoms with van der Waals surface area (Å²) in [5, 5.41) is 1.91. The van der Waals surface area contributed by atoms with Gasteiger partial charge < -0.3 is 4.18 Å². The summed E-state index contributed by atoms with van der Waals surface area (Å²) in [6.45, 7) is 1.73. The Morgan fingerprint density at radius 3 is 2.17 bits per heavy atom. The van der Waals surface area contributed by atoms with Crippen molar-refractivity contribution in [3.63, 3.8) is 0 Å². The van der Waals surface area contributed by atoms with Gasteiger partial charge in [0.15, 0.2) is 6.10 Å². The molecule has 0 radical (unpaired) electrons. The van der Waals surface area contributed by atoms with E-state index in [0.717, 1.165) is 4.90 Å². The number of nitrogens with zero attached hydrogens (tertiary/aromatic N) is 2. The molecular formula is C30H23ClN2O6S. The highest BCUT2D eigenvalue weighted by Gasteiger charge is 2.61. The molecule has 0 aliphatic carbocycles. The van der Waals surface area contributed by atoms with Gasteiger partial charge >= 0.3 is 10.1 Å². The van der Waals surface area contributed by atoms with E-state index in [1.807, 2.05) is 6.07 Å². The molecule has 6 rings (SSSR count). The number of carbonyl (C=O) groups is 2. The predicted octanol–water partition coefficient (Wildman–Crippen LogP) is 5.47. The number of fused-ring (bicyclic) bond motifs is 1. The number of carbonyl (C=O) groups excluding carboxylic acids is 2. The highest BCUT2D eigenvalue weighted by molar-refractivity contribution is 7.87. The Hall–Kier alpha value is -4.18. The SMILES string of the molecule is Cc1c(Cl)cccc1N1C(=O)[C@@H]2[C@H](ON(c3ccccc3)[C@@H]2c2ccccc2OS(=O)(=O)c2ccccc2)C1=O. The van der Waals surface area contributed by atoms with Gasteiger partial charge in [0.05, 0.1) is 17.4 Å². The molecule has 0 spiro atoms. The van der Waals surface area contributed by atoms with Crippen molar-refractivity contribution < 1.29 is 27.0 Å². The van der Waals surface area contributed by atoms with E-state index in [0.29, 0.717) is 27.5 Å². The van der Waals surface area contributed by atoms with Gasteiger partial charge in [0.25, 0.3) is 5.91 Å². The van der Waals surface area contributed by atoms with E-state index in [4.69, 9.17) is 20.6 Å². The number of para-hydroxylation sites is 2. The lowest BCUT2D eigenvalue weighted by Gasteiger charge is -2.30. The Morgan fingerprint density at radius 2 is 1.45 bits per heavy atom. The van der Waals surface area contributed by atoms with Crippen LogP contribution in [0, 0.1) is 12.8 Å². The Balaban J connectivity index is 1.46. The van der Waals surface area contributed by atoms with Gasteiger partial charge in [-0.3, -0.25) is 14.4 Å². The molecule has 4 aromatic rings. The zero-order valence-electron chi connectivity index (χ0n) is 21.2. The van der Waals surface area contributed by atoms with Gasteiger partial charge in [-0.25, -0.2) is 9.96 Å². The summed E-state index contributed by atoms with van der Waals surface area (Å²) < 4.78 is 32.0. The summed E-state index contributed by atoms with van der Waals surface area (Å²) >= 11 is 6.31. The molecular weight excluding hydrogens is 552 g/mol. The Labute approximate surface area is 236 Å². The number of imide groups is 1. The fourth-order valence-electron chi connectivity index (χ4n) is 5.16. The second-order valence-corrected chi connectivity index (χ2v) is 11.4. The van der Waals surface area contributed by atoms with Crippen molar-refractivity contribution in [1.82, 2.24) is 0 Å². The zero-order chi connectivity index (χ0) is 28.0. The van der Waals surface area contributed by atoms with Gasteiger partial charge in [-0.15, -0.1) is 0 Å². The highest BCUT2D eigenvalue weighted by atomic mass is 35.5. The van der Waals surface area contributed by atoms with Crippen LogP contribution in [0.1, 0.15) is 17.2 Å². The Morgan fingerprint density at radius 1 is 0.800 bits per heavy atom. The molecule has 2 aliphatic heterocycles. The molecule has 2 amide bonds. The van der Waals surface area contributed by atoms with Crippen molar-refractivity contribution in [2.75, 3.05) is 9.96 Å². The maximum Gasteiger partial charge on any atom is 0.339 e. The average molecular weight is 575 g/mol. The highest BCUT2D eigenvalue weighted by Crippen LogP contribution is 2.50. The van der Waals surface area contributed by atoms with E-state index in [9.17, 15) is 18.0 Å². The topological polar surface area (TPSA) is 93.2 Å². The van der Waals surface area contributed by atoms with Crippen LogP contribution in [0.5, 0.6) is 5.75 Å². The van der Waals surface area contributed by atoms with Crippen LogP contribution < -0.4 is 14.1 Å². The molecule has 0 bridgehead atoms. The summed E-state index contributed by atoms with van der Waals surface area (Å²) in [6, 6.07) is 27.5. The fraction of sp³-hybridized carbons (Fsp3) is 0.133. The van der Waals surface area contributed by atoms with Crippen LogP contribution in [0.25, 0.3) is 0 Å². The van der Waals surface area contributed by atoms with Gasteiger partial charge in [0.2, 0.25) is 5.91 Å². The molecule has 0 unspecified atom stereocenters. The van der Waals surface area contributed by atoms with Crippen LogP contribution in [0.2, 0.25) is 5.02 Å². The minimum absolute atomic E-state index is 0.0139. The summed E-state index contributed by atoms with van der Waals surface area (Å²) in [6.07, 6.45) is -1.14. The zero-order valence-corrected chi connectivity index (χ0v) is 22.7. The van der Waals surface area contributed by atoms with Crippen LogP contribution in [-0.4, -0.2) is 26.3 Å². The van der Waals surface area contributed by atoms with Crippen LogP contribution >= 0.6 is 11.6 Å². The lowest BCUT2D eigenvalue weighted by molar-refractivity contribution is -0.126. The average Bonchev–Trinajstić information content (AvgIpc) is 3.47. The van der Waals surface area contributed by atoms with E-state index in [2.05, 4.69) is 0 Å². The predicted molar refractivity (Wildman–Crippen MR) is 149 cm³/mol. The molecule has 2 fully saturated rings. The van der Waals surface area contributed by atoms with E-state index in [1.54, 1.807) is 85.8 Å². The number of rotatable bonds is 6. The van der Waals surface area contributed by atoms with Crippen molar-refractivity contribution in [2.24, 2.45) is 5.92 Å². The lowest BCUT2D eigenvalue weighted by atomic mass is 9.90. The molecule has 8 nitrogen and oxygen atoms in total. The number of anilines is 2. The first-order valence-electron chi connectivity index (χ1n) is 12.5. The van der Waals surface area contributed by atoms with Crippen LogP contribution in [0.15, 0.2) is 108 Å². The number of halogens is 1. The second kappa shape index (κ2) is 10.1. The molecule has 3 atom stereocenters. The Kier molecular flexibility index (Phi) is 6.58. The van der Waals surface area contributed by atoms with Crippen molar-refractivity contribution in [2.45, 2.75) is 24.0 Å². The molecule has 40 heavy (non-hydrogen) atoms. The van der Waals surface area contributed by atoms with Crippen LogP contribution in [0.4, 0.5) is 11.4 Å². The number of hydroxylamine groups is 1. The first-order chi connectivity index (χ1) is 19.3. The molecule has 2 heterocycles. The molecule has 4 aromatic carbocycles. The van der Waals surface area contributed by atoms with Gasteiger partial charge in [-0.1, -0.05) is 72.3 Å². The van der Waals surface area contributed by atoms with Gasteiger partial charge in [-0.05, 0) is 55.0 Å². The molecule has 0 saturated carbocycles. The summed E-state index contributed by atoms with van der Waals surface area (Å²) in [5.74, 6) is -1.97. The van der Waals surface area contributed by atoms with E-state index in [1.165, 1.54) is 23.3 Å². The van der Waals surface area contributed by atoms with Crippen LogP contribution in [0.3, 0.4) is 0 Å². The van der Waals surface area contributed by atoms with E-state index < -0.39 is 40.0 Å². The summed E-state index contributed by atoms with van der Waals surface area (Å²) in [5.41, 5.74) is 1.93. The van der Waals surface area contributed by atoms with Gasteiger partial charge in [-0.2, -0.15) is 8.42 Å². The normalized spacial score (nSPS) is 20.6. The largest absolute Gasteiger partial charge is 0.379 e. The van der Waals surface area contributed by atoms with E-state index in [-0.39, 0.29) is 10.6 Å². The third-order valence-corrected chi connectivity index (χ3v) is 8.73. The van der Waals surface area contributed by atoms with Gasteiger partial charge in [0.1, 0.15) is 16.6 Å². The third-order valence-electron chi connectivity index (χ3n) is 7.08. The molecule has 2 aliphatic rings. The monoisotopic (exact) mass is 574 g/mol. The van der Waals surface area contributed by atoms with Crippen molar-refractivity contribution in [1.29, 1.82) is 0 Å².